The predicted molar refractivity (Wildman–Crippen MR) is 121 cm³/mol. The van der Waals surface area contributed by atoms with E-state index in [1.807, 2.05) is 13.8 Å². The predicted octanol–water partition coefficient (Wildman–Crippen LogP) is 4.63. The number of carbonyl (C=O) groups excluding carboxylic acids is 2. The standard InChI is InChI=1S/C22H25Cl2N3O4/c1-14(2)12-25-22(29)15(3)26(13-17-8-9-18(23)11-19(17)24)21(28)10-16-6-4-5-7-20(16)27(30)31/h4-9,11,14-15H,10,12-13H2,1-3H3,(H,25,29). The van der Waals surface area contributed by atoms with Crippen molar-refractivity contribution in [2.75, 3.05) is 6.54 Å². The Morgan fingerprint density at radius 1 is 1.10 bits per heavy atom. The molecule has 2 rings (SSSR count). The van der Waals surface area contributed by atoms with Crippen LogP contribution in [-0.2, 0) is 22.6 Å². The average Bonchev–Trinajstić information content (AvgIpc) is 2.71. The summed E-state index contributed by atoms with van der Waals surface area (Å²) < 4.78 is 0. The monoisotopic (exact) mass is 465 g/mol. The number of nitrogens with zero attached hydrogens (tertiary/aromatic N) is 2. The van der Waals surface area contributed by atoms with E-state index in [1.54, 1.807) is 37.3 Å². The molecule has 2 amide bonds. The molecule has 0 aliphatic carbocycles. The van der Waals surface area contributed by atoms with Gasteiger partial charge in [0.1, 0.15) is 6.04 Å². The summed E-state index contributed by atoms with van der Waals surface area (Å²) in [5.74, 6) is -0.486. The molecule has 0 aliphatic rings. The smallest absolute Gasteiger partial charge is 0.273 e. The number of nitrogens with one attached hydrogen (secondary N) is 1. The van der Waals surface area contributed by atoms with Crippen molar-refractivity contribution >= 4 is 40.7 Å². The molecule has 0 spiro atoms. The van der Waals surface area contributed by atoms with Gasteiger partial charge in [-0.05, 0) is 30.5 Å². The molecule has 0 bridgehead atoms. The summed E-state index contributed by atoms with van der Waals surface area (Å²) in [7, 11) is 0. The lowest BCUT2D eigenvalue weighted by Crippen LogP contribution is -2.48. The second-order valence-corrected chi connectivity index (χ2v) is 8.48. The summed E-state index contributed by atoms with van der Waals surface area (Å²) >= 11 is 12.2. The van der Waals surface area contributed by atoms with Crippen molar-refractivity contribution in [2.45, 2.75) is 39.8 Å². The zero-order valence-electron chi connectivity index (χ0n) is 17.6. The van der Waals surface area contributed by atoms with Gasteiger partial charge in [0.05, 0.1) is 11.3 Å². The maximum Gasteiger partial charge on any atom is 0.273 e. The first-order valence-corrected chi connectivity index (χ1v) is 10.6. The molecular weight excluding hydrogens is 441 g/mol. The first-order chi connectivity index (χ1) is 14.6. The van der Waals surface area contributed by atoms with Crippen molar-refractivity contribution in [1.82, 2.24) is 10.2 Å². The summed E-state index contributed by atoms with van der Waals surface area (Å²) in [4.78, 5) is 38.1. The summed E-state index contributed by atoms with van der Waals surface area (Å²) in [6.45, 7) is 6.09. The molecular formula is C22H25Cl2N3O4. The SMILES string of the molecule is CC(C)CNC(=O)C(C)N(Cc1ccc(Cl)cc1Cl)C(=O)Cc1ccccc1[N+](=O)[O-]. The summed E-state index contributed by atoms with van der Waals surface area (Å²) in [6, 6.07) is 10.2. The zero-order chi connectivity index (χ0) is 23.1. The summed E-state index contributed by atoms with van der Waals surface area (Å²) in [5, 5.41) is 15.0. The van der Waals surface area contributed by atoms with E-state index in [0.29, 0.717) is 22.2 Å². The van der Waals surface area contributed by atoms with Gasteiger partial charge in [-0.3, -0.25) is 19.7 Å². The fourth-order valence-corrected chi connectivity index (χ4v) is 3.44. The third-order valence-corrected chi connectivity index (χ3v) is 5.32. The van der Waals surface area contributed by atoms with Crippen LogP contribution in [0.4, 0.5) is 5.69 Å². The summed E-state index contributed by atoms with van der Waals surface area (Å²) in [5.41, 5.74) is 0.752. The van der Waals surface area contributed by atoms with Crippen molar-refractivity contribution in [1.29, 1.82) is 0 Å². The molecule has 0 radical (unpaired) electrons. The van der Waals surface area contributed by atoms with Gasteiger partial charge in [-0.2, -0.15) is 0 Å². The number of halogens is 2. The number of nitro benzene ring substituents is 1. The number of rotatable bonds is 9. The highest BCUT2D eigenvalue weighted by Gasteiger charge is 2.28. The highest BCUT2D eigenvalue weighted by molar-refractivity contribution is 6.35. The van der Waals surface area contributed by atoms with E-state index < -0.39 is 16.9 Å². The van der Waals surface area contributed by atoms with E-state index in [4.69, 9.17) is 23.2 Å². The number of para-hydroxylation sites is 1. The Labute approximate surface area is 191 Å². The van der Waals surface area contributed by atoms with Gasteiger partial charge in [0.15, 0.2) is 0 Å². The molecule has 1 unspecified atom stereocenters. The van der Waals surface area contributed by atoms with E-state index in [-0.39, 0.29) is 36.0 Å². The molecule has 31 heavy (non-hydrogen) atoms. The molecule has 0 saturated carbocycles. The normalized spacial score (nSPS) is 11.8. The lowest BCUT2D eigenvalue weighted by molar-refractivity contribution is -0.385. The van der Waals surface area contributed by atoms with Gasteiger partial charge in [0, 0.05) is 34.8 Å². The van der Waals surface area contributed by atoms with Gasteiger partial charge in [-0.25, -0.2) is 0 Å². The summed E-state index contributed by atoms with van der Waals surface area (Å²) in [6.07, 6.45) is -0.218. The van der Waals surface area contributed by atoms with Gasteiger partial charge in [0.2, 0.25) is 11.8 Å². The fourth-order valence-electron chi connectivity index (χ4n) is 2.97. The van der Waals surface area contributed by atoms with Crippen molar-refractivity contribution in [2.24, 2.45) is 5.92 Å². The third kappa shape index (κ3) is 6.94. The topological polar surface area (TPSA) is 92.6 Å². The van der Waals surface area contributed by atoms with Crippen LogP contribution in [0.3, 0.4) is 0 Å². The van der Waals surface area contributed by atoms with Crippen LogP contribution in [0.1, 0.15) is 31.9 Å². The van der Waals surface area contributed by atoms with E-state index in [1.165, 1.54) is 17.0 Å². The molecule has 0 saturated heterocycles. The lowest BCUT2D eigenvalue weighted by Gasteiger charge is -2.29. The van der Waals surface area contributed by atoms with Crippen LogP contribution in [0.5, 0.6) is 0 Å². The minimum Gasteiger partial charge on any atom is -0.354 e. The molecule has 1 N–H and O–H groups in total. The van der Waals surface area contributed by atoms with Gasteiger partial charge in [0.25, 0.3) is 5.69 Å². The van der Waals surface area contributed by atoms with E-state index in [0.717, 1.165) is 0 Å². The van der Waals surface area contributed by atoms with Crippen molar-refractivity contribution in [3.05, 3.63) is 73.8 Å². The first-order valence-electron chi connectivity index (χ1n) is 9.83. The van der Waals surface area contributed by atoms with Crippen molar-refractivity contribution in [3.63, 3.8) is 0 Å². The number of hydrogen-bond donors (Lipinski definition) is 1. The van der Waals surface area contributed by atoms with Crippen LogP contribution in [0.15, 0.2) is 42.5 Å². The van der Waals surface area contributed by atoms with Crippen LogP contribution in [0, 0.1) is 16.0 Å². The van der Waals surface area contributed by atoms with Crippen LogP contribution in [-0.4, -0.2) is 34.2 Å². The Hall–Kier alpha value is -2.64. The third-order valence-electron chi connectivity index (χ3n) is 4.74. The number of benzene rings is 2. The maximum atomic E-state index is 13.2. The van der Waals surface area contributed by atoms with E-state index >= 15 is 0 Å². The molecule has 1 atom stereocenters. The molecule has 0 aliphatic heterocycles. The molecule has 0 aromatic heterocycles. The second kappa shape index (κ2) is 11.1. The zero-order valence-corrected chi connectivity index (χ0v) is 19.1. The molecule has 0 fully saturated rings. The first kappa shape index (κ1) is 24.6. The largest absolute Gasteiger partial charge is 0.354 e. The maximum absolute atomic E-state index is 13.2. The van der Waals surface area contributed by atoms with Gasteiger partial charge >= 0.3 is 0 Å². The Kier molecular flexibility index (Phi) is 8.83. The minimum atomic E-state index is -0.805. The number of carbonyl (C=O) groups is 2. The average molecular weight is 466 g/mol. The van der Waals surface area contributed by atoms with Gasteiger partial charge in [-0.1, -0.05) is 61.3 Å². The Balaban J connectivity index is 2.32. The van der Waals surface area contributed by atoms with Gasteiger partial charge in [-0.15, -0.1) is 0 Å². The van der Waals surface area contributed by atoms with Gasteiger partial charge < -0.3 is 10.2 Å². The van der Waals surface area contributed by atoms with Crippen molar-refractivity contribution in [3.8, 4) is 0 Å². The highest BCUT2D eigenvalue weighted by atomic mass is 35.5. The Morgan fingerprint density at radius 2 is 1.77 bits per heavy atom. The van der Waals surface area contributed by atoms with Crippen LogP contribution in [0.2, 0.25) is 10.0 Å². The molecule has 2 aromatic rings. The number of amides is 2. The lowest BCUT2D eigenvalue weighted by atomic mass is 10.1. The fraction of sp³-hybridized carbons (Fsp3) is 0.364. The molecule has 9 heteroatoms. The number of nitro groups is 1. The molecule has 7 nitrogen and oxygen atoms in total. The second-order valence-electron chi connectivity index (χ2n) is 7.63. The molecule has 166 valence electrons. The minimum absolute atomic E-state index is 0.0612. The van der Waals surface area contributed by atoms with Crippen LogP contribution >= 0.6 is 23.2 Å². The highest BCUT2D eigenvalue weighted by Crippen LogP contribution is 2.25. The van der Waals surface area contributed by atoms with E-state index in [2.05, 4.69) is 5.32 Å². The Morgan fingerprint density at radius 3 is 2.39 bits per heavy atom. The molecule has 2 aromatic carbocycles. The van der Waals surface area contributed by atoms with Crippen molar-refractivity contribution < 1.29 is 14.5 Å². The van der Waals surface area contributed by atoms with Crippen LogP contribution < -0.4 is 5.32 Å². The van der Waals surface area contributed by atoms with Crippen LogP contribution in [0.25, 0.3) is 0 Å². The Bertz CT molecular complexity index is 966. The van der Waals surface area contributed by atoms with E-state index in [9.17, 15) is 19.7 Å². The molecule has 0 heterocycles. The number of hydrogen-bond acceptors (Lipinski definition) is 4. The quantitative estimate of drug-likeness (QED) is 0.431.